The Hall–Kier alpha value is -0.620. The average Bonchev–Trinajstić information content (AvgIpc) is 2.27. The van der Waals surface area contributed by atoms with Gasteiger partial charge >= 0.3 is 5.97 Å². The first-order valence-electron chi connectivity index (χ1n) is 4.06. The predicted octanol–water partition coefficient (Wildman–Crippen LogP) is -0.778. The van der Waals surface area contributed by atoms with Gasteiger partial charge in [-0.15, -0.1) is 0 Å². The Bertz CT molecular complexity index is 310. The van der Waals surface area contributed by atoms with Gasteiger partial charge in [0.25, 0.3) is 0 Å². The van der Waals surface area contributed by atoms with Gasteiger partial charge in [0.15, 0.2) is 9.84 Å². The lowest BCUT2D eigenvalue weighted by Crippen LogP contribution is -2.41. The van der Waals surface area contributed by atoms with Crippen LogP contribution in [0.25, 0.3) is 0 Å². The Morgan fingerprint density at radius 3 is 2.46 bits per heavy atom. The summed E-state index contributed by atoms with van der Waals surface area (Å²) in [6, 6.07) is -1.06. The molecule has 0 aromatic heterocycles. The second-order valence-corrected chi connectivity index (χ2v) is 5.87. The van der Waals surface area contributed by atoms with Crippen LogP contribution in [0.5, 0.6) is 0 Å². The van der Waals surface area contributed by atoms with E-state index >= 15 is 0 Å². The third-order valence-electron chi connectivity index (χ3n) is 2.65. The molecule has 1 heterocycles. The van der Waals surface area contributed by atoms with E-state index < -0.39 is 33.0 Å². The maximum absolute atomic E-state index is 11.3. The fourth-order valence-corrected chi connectivity index (χ4v) is 3.45. The summed E-state index contributed by atoms with van der Waals surface area (Å²) in [5.74, 6) is -1.52. The molecule has 0 saturated carbocycles. The Morgan fingerprint density at radius 1 is 1.62 bits per heavy atom. The van der Waals surface area contributed by atoms with E-state index in [1.54, 1.807) is 0 Å². The van der Waals surface area contributed by atoms with Crippen LogP contribution in [0, 0.1) is 5.92 Å². The van der Waals surface area contributed by atoms with E-state index in [1.165, 1.54) is 6.92 Å². The van der Waals surface area contributed by atoms with Gasteiger partial charge in [-0.1, -0.05) is 0 Å². The smallest absolute Gasteiger partial charge is 0.320 e. The first kappa shape index (κ1) is 10.5. The Balaban J connectivity index is 2.82. The normalized spacial score (nSPS) is 34.3. The van der Waals surface area contributed by atoms with Gasteiger partial charge in [-0.05, 0) is 13.3 Å². The van der Waals surface area contributed by atoms with Crippen LogP contribution in [0.1, 0.15) is 13.3 Å². The van der Waals surface area contributed by atoms with E-state index in [2.05, 4.69) is 0 Å². The molecule has 1 saturated heterocycles. The van der Waals surface area contributed by atoms with E-state index in [4.69, 9.17) is 10.8 Å². The number of hydrogen-bond acceptors (Lipinski definition) is 4. The first-order chi connectivity index (χ1) is 5.86. The summed E-state index contributed by atoms with van der Waals surface area (Å²) in [5, 5.41) is 7.98. The van der Waals surface area contributed by atoms with Crippen LogP contribution in [0.15, 0.2) is 0 Å². The number of hydrogen-bond donors (Lipinski definition) is 2. The van der Waals surface area contributed by atoms with E-state index in [0.717, 1.165) is 0 Å². The Labute approximate surface area is 76.8 Å². The second kappa shape index (κ2) is 3.26. The molecule has 0 aromatic rings. The van der Waals surface area contributed by atoms with Crippen LogP contribution in [0.4, 0.5) is 0 Å². The van der Waals surface area contributed by atoms with Gasteiger partial charge < -0.3 is 10.8 Å². The minimum Gasteiger partial charge on any atom is -0.480 e. The monoisotopic (exact) mass is 207 g/mol. The molecule has 0 bridgehead atoms. The Kier molecular flexibility index (Phi) is 2.63. The van der Waals surface area contributed by atoms with Gasteiger partial charge in [0.05, 0.1) is 11.0 Å². The molecular formula is C7H13NO4S. The summed E-state index contributed by atoms with van der Waals surface area (Å²) in [6.07, 6.45) is 0.358. The standard InChI is InChI=1S/C7H13NO4S/c1-4-5(6(8)7(9)10)2-3-13(4,11)12/h4-6H,2-3,8H2,1H3,(H,9,10). The van der Waals surface area contributed by atoms with Crippen molar-refractivity contribution < 1.29 is 18.3 Å². The van der Waals surface area contributed by atoms with E-state index in [9.17, 15) is 13.2 Å². The zero-order chi connectivity index (χ0) is 10.2. The molecule has 1 aliphatic heterocycles. The molecule has 5 nitrogen and oxygen atoms in total. The summed E-state index contributed by atoms with van der Waals surface area (Å²) < 4.78 is 22.5. The van der Waals surface area contributed by atoms with Gasteiger partial charge in [0.1, 0.15) is 6.04 Å². The van der Waals surface area contributed by atoms with Crippen LogP contribution in [-0.4, -0.2) is 36.5 Å². The lowest BCUT2D eigenvalue weighted by molar-refractivity contribution is -0.139. The van der Waals surface area contributed by atoms with Gasteiger partial charge in [0, 0.05) is 5.92 Å². The van der Waals surface area contributed by atoms with E-state index in [-0.39, 0.29) is 5.75 Å². The molecule has 13 heavy (non-hydrogen) atoms. The summed E-state index contributed by atoms with van der Waals surface area (Å²) in [6.45, 7) is 1.52. The quantitative estimate of drug-likeness (QED) is 0.619. The minimum atomic E-state index is -3.10. The van der Waals surface area contributed by atoms with E-state index in [1.807, 2.05) is 0 Å². The maximum Gasteiger partial charge on any atom is 0.320 e. The summed E-state index contributed by atoms with van der Waals surface area (Å²) in [4.78, 5) is 10.5. The summed E-state index contributed by atoms with van der Waals surface area (Å²) >= 11 is 0. The third-order valence-corrected chi connectivity index (χ3v) is 4.94. The van der Waals surface area contributed by atoms with Crippen molar-refractivity contribution in [1.29, 1.82) is 0 Å². The fourth-order valence-electron chi connectivity index (χ4n) is 1.64. The van der Waals surface area contributed by atoms with Crippen LogP contribution < -0.4 is 5.73 Å². The van der Waals surface area contributed by atoms with Crippen molar-refractivity contribution in [1.82, 2.24) is 0 Å². The molecule has 0 radical (unpaired) electrons. The summed E-state index contributed by atoms with van der Waals surface area (Å²) in [5.41, 5.74) is 5.37. The molecule has 76 valence electrons. The van der Waals surface area contributed by atoms with Crippen molar-refractivity contribution in [2.75, 3.05) is 5.75 Å². The van der Waals surface area contributed by atoms with Crippen molar-refractivity contribution >= 4 is 15.8 Å². The number of carbonyl (C=O) groups is 1. The van der Waals surface area contributed by atoms with Crippen molar-refractivity contribution in [3.63, 3.8) is 0 Å². The van der Waals surface area contributed by atoms with Gasteiger partial charge in [-0.2, -0.15) is 0 Å². The molecule has 3 atom stereocenters. The van der Waals surface area contributed by atoms with Crippen molar-refractivity contribution in [3.05, 3.63) is 0 Å². The summed E-state index contributed by atoms with van der Waals surface area (Å²) in [7, 11) is -3.10. The van der Waals surface area contributed by atoms with Crippen LogP contribution in [0.3, 0.4) is 0 Å². The molecule has 3 unspecified atom stereocenters. The minimum absolute atomic E-state index is 0.0554. The highest BCUT2D eigenvalue weighted by Gasteiger charge is 2.42. The number of carboxylic acid groups (broad SMARTS) is 1. The number of sulfone groups is 1. The molecule has 0 amide bonds. The zero-order valence-electron chi connectivity index (χ0n) is 7.30. The van der Waals surface area contributed by atoms with Crippen LogP contribution in [-0.2, 0) is 14.6 Å². The van der Waals surface area contributed by atoms with Gasteiger partial charge in [-0.3, -0.25) is 4.79 Å². The number of carboxylic acids is 1. The van der Waals surface area contributed by atoms with Gasteiger partial charge in [-0.25, -0.2) is 8.42 Å². The van der Waals surface area contributed by atoms with Crippen molar-refractivity contribution in [3.8, 4) is 0 Å². The number of rotatable bonds is 2. The molecule has 1 fully saturated rings. The molecule has 0 aliphatic carbocycles. The fraction of sp³-hybridized carbons (Fsp3) is 0.857. The molecule has 0 aromatic carbocycles. The SMILES string of the molecule is CC1C(C(N)C(=O)O)CCS1(=O)=O. The molecule has 1 rings (SSSR count). The lowest BCUT2D eigenvalue weighted by atomic mass is 9.95. The van der Waals surface area contributed by atoms with Crippen LogP contribution in [0.2, 0.25) is 0 Å². The maximum atomic E-state index is 11.3. The Morgan fingerprint density at radius 2 is 2.15 bits per heavy atom. The number of aliphatic carboxylic acids is 1. The zero-order valence-corrected chi connectivity index (χ0v) is 8.12. The van der Waals surface area contributed by atoms with E-state index in [0.29, 0.717) is 6.42 Å². The molecule has 3 N–H and O–H groups in total. The van der Waals surface area contributed by atoms with Crippen molar-refractivity contribution in [2.24, 2.45) is 11.7 Å². The average molecular weight is 207 g/mol. The highest BCUT2D eigenvalue weighted by molar-refractivity contribution is 7.92. The highest BCUT2D eigenvalue weighted by atomic mass is 32.2. The van der Waals surface area contributed by atoms with Gasteiger partial charge in [0.2, 0.25) is 0 Å². The topological polar surface area (TPSA) is 97.5 Å². The first-order valence-corrected chi connectivity index (χ1v) is 5.78. The van der Waals surface area contributed by atoms with Crippen LogP contribution >= 0.6 is 0 Å². The lowest BCUT2D eigenvalue weighted by Gasteiger charge is -2.17. The molecule has 1 aliphatic rings. The number of nitrogens with two attached hydrogens (primary N) is 1. The second-order valence-electron chi connectivity index (χ2n) is 3.39. The highest BCUT2D eigenvalue weighted by Crippen LogP contribution is 2.28. The molecular weight excluding hydrogens is 194 g/mol. The molecule has 0 spiro atoms. The van der Waals surface area contributed by atoms with Crippen molar-refractivity contribution in [2.45, 2.75) is 24.6 Å². The molecule has 6 heteroatoms. The predicted molar refractivity (Wildman–Crippen MR) is 47.0 cm³/mol. The largest absolute Gasteiger partial charge is 0.480 e. The third kappa shape index (κ3) is 1.83.